The third kappa shape index (κ3) is 8.41. The first-order chi connectivity index (χ1) is 7.43. The highest BCUT2D eigenvalue weighted by atomic mass is 16.2. The Balaban J connectivity index is 3.69. The third-order valence-corrected chi connectivity index (χ3v) is 2.34. The Kier molecular flexibility index (Phi) is 7.81. The molecule has 0 spiro atoms. The van der Waals surface area contributed by atoms with Crippen LogP contribution in [0.3, 0.4) is 0 Å². The summed E-state index contributed by atoms with van der Waals surface area (Å²) in [5.41, 5.74) is 0. The van der Waals surface area contributed by atoms with E-state index >= 15 is 0 Å². The fraction of sp³-hybridized carbons (Fsp3) is 0.833. The van der Waals surface area contributed by atoms with Gasteiger partial charge in [-0.25, -0.2) is 0 Å². The van der Waals surface area contributed by atoms with Crippen LogP contribution in [0.1, 0.15) is 47.0 Å². The molecule has 1 atom stereocenters. The van der Waals surface area contributed by atoms with Gasteiger partial charge in [0.2, 0.25) is 5.91 Å². The largest absolute Gasteiger partial charge is 0.347 e. The second-order valence-corrected chi connectivity index (χ2v) is 4.47. The van der Waals surface area contributed by atoms with Gasteiger partial charge in [-0.05, 0) is 32.7 Å². The number of hydrogen-bond acceptors (Lipinski definition) is 3. The average molecular weight is 228 g/mol. The Morgan fingerprint density at radius 2 is 1.75 bits per heavy atom. The highest BCUT2D eigenvalue weighted by molar-refractivity contribution is 5.86. The first-order valence-electron chi connectivity index (χ1n) is 5.94. The van der Waals surface area contributed by atoms with Crippen LogP contribution in [0.15, 0.2) is 0 Å². The Morgan fingerprint density at radius 1 is 1.12 bits per heavy atom. The lowest BCUT2D eigenvalue weighted by atomic mass is 10.1. The molecule has 0 fully saturated rings. The lowest BCUT2D eigenvalue weighted by Crippen LogP contribution is -2.38. The molecule has 0 rings (SSSR count). The van der Waals surface area contributed by atoms with Gasteiger partial charge >= 0.3 is 0 Å². The van der Waals surface area contributed by atoms with Crippen LogP contribution in [0.25, 0.3) is 0 Å². The summed E-state index contributed by atoms with van der Waals surface area (Å²) in [4.78, 5) is 22.1. The number of carbonyl (C=O) groups excluding carboxylic acids is 2. The highest BCUT2D eigenvalue weighted by Gasteiger charge is 2.13. The number of nitrogens with one attached hydrogen (secondary N) is 2. The van der Waals surface area contributed by atoms with Crippen LogP contribution < -0.4 is 10.6 Å². The summed E-state index contributed by atoms with van der Waals surface area (Å²) in [5, 5.41) is 5.99. The molecule has 0 aliphatic carbocycles. The second kappa shape index (κ2) is 8.28. The predicted molar refractivity (Wildman–Crippen MR) is 65.3 cm³/mol. The third-order valence-electron chi connectivity index (χ3n) is 2.34. The molecule has 0 radical (unpaired) electrons. The monoisotopic (exact) mass is 228 g/mol. The molecule has 0 heterocycles. The average Bonchev–Trinajstić information content (AvgIpc) is 2.14. The van der Waals surface area contributed by atoms with Gasteiger partial charge in [-0.15, -0.1) is 0 Å². The van der Waals surface area contributed by atoms with Crippen molar-refractivity contribution in [3.05, 3.63) is 0 Å². The molecule has 2 N–H and O–H groups in total. The number of amides is 1. The van der Waals surface area contributed by atoms with Crippen LogP contribution in [-0.2, 0) is 9.59 Å². The summed E-state index contributed by atoms with van der Waals surface area (Å²) < 4.78 is 0. The topological polar surface area (TPSA) is 58.2 Å². The van der Waals surface area contributed by atoms with Gasteiger partial charge in [0.05, 0.1) is 6.04 Å². The number of ketones is 1. The van der Waals surface area contributed by atoms with Crippen LogP contribution in [0, 0.1) is 0 Å². The molecular formula is C12H24N2O2. The maximum absolute atomic E-state index is 11.2. The summed E-state index contributed by atoms with van der Waals surface area (Å²) in [6.07, 6.45) is 2.71. The second-order valence-electron chi connectivity index (χ2n) is 4.47. The van der Waals surface area contributed by atoms with Gasteiger partial charge in [0.15, 0.2) is 5.78 Å². The van der Waals surface area contributed by atoms with Gasteiger partial charge in [0.1, 0.15) is 0 Å². The van der Waals surface area contributed by atoms with Crippen molar-refractivity contribution in [2.75, 3.05) is 6.54 Å². The number of rotatable bonds is 8. The summed E-state index contributed by atoms with van der Waals surface area (Å²) in [5.74, 6) is -0.104. The highest BCUT2D eigenvalue weighted by Crippen LogP contribution is 2.02. The van der Waals surface area contributed by atoms with Crippen molar-refractivity contribution in [2.45, 2.75) is 59.0 Å². The maximum atomic E-state index is 11.2. The van der Waals surface area contributed by atoms with Crippen molar-refractivity contribution in [1.29, 1.82) is 0 Å². The lowest BCUT2D eigenvalue weighted by molar-refractivity contribution is -0.125. The van der Waals surface area contributed by atoms with Crippen molar-refractivity contribution in [1.82, 2.24) is 10.6 Å². The van der Waals surface area contributed by atoms with Crippen LogP contribution in [0.4, 0.5) is 0 Å². The molecule has 4 nitrogen and oxygen atoms in total. The first-order valence-corrected chi connectivity index (χ1v) is 5.94. The van der Waals surface area contributed by atoms with Crippen molar-refractivity contribution in [2.24, 2.45) is 0 Å². The quantitative estimate of drug-likeness (QED) is 0.615. The number of carbonyl (C=O) groups is 2. The molecule has 0 bridgehead atoms. The number of hydrogen-bond donors (Lipinski definition) is 2. The smallest absolute Gasteiger partial charge is 0.217 e. The van der Waals surface area contributed by atoms with Crippen LogP contribution in [0.5, 0.6) is 0 Å². The SMILES string of the molecule is CC(=O)NC(CCCCNC(C)C)C(C)=O. The summed E-state index contributed by atoms with van der Waals surface area (Å²) in [6, 6.07) is 0.190. The molecule has 0 aliphatic heterocycles. The minimum atomic E-state index is -0.309. The number of unbranched alkanes of at least 4 members (excludes halogenated alkanes) is 1. The minimum Gasteiger partial charge on any atom is -0.347 e. The fourth-order valence-corrected chi connectivity index (χ4v) is 1.49. The molecule has 1 unspecified atom stereocenters. The van der Waals surface area contributed by atoms with E-state index in [9.17, 15) is 9.59 Å². The van der Waals surface area contributed by atoms with Crippen molar-refractivity contribution in [3.63, 3.8) is 0 Å². The van der Waals surface area contributed by atoms with E-state index in [0.29, 0.717) is 6.04 Å². The zero-order chi connectivity index (χ0) is 12.6. The van der Waals surface area contributed by atoms with E-state index < -0.39 is 0 Å². The standard InChI is InChI=1S/C12H24N2O2/c1-9(2)13-8-6-5-7-12(10(3)15)14-11(4)16/h9,12-13H,5-8H2,1-4H3,(H,14,16). The van der Waals surface area contributed by atoms with Crippen LogP contribution in [0.2, 0.25) is 0 Å². The Bertz CT molecular complexity index is 227. The zero-order valence-electron chi connectivity index (χ0n) is 10.8. The van der Waals surface area contributed by atoms with Gasteiger partial charge in [-0.2, -0.15) is 0 Å². The van der Waals surface area contributed by atoms with Crippen molar-refractivity contribution in [3.8, 4) is 0 Å². The van der Waals surface area contributed by atoms with E-state index in [1.165, 1.54) is 13.8 Å². The van der Waals surface area contributed by atoms with Gasteiger partial charge in [0.25, 0.3) is 0 Å². The Labute approximate surface area is 98.2 Å². The van der Waals surface area contributed by atoms with Crippen LogP contribution >= 0.6 is 0 Å². The molecule has 94 valence electrons. The predicted octanol–water partition coefficient (Wildman–Crippen LogP) is 1.25. The number of Topliss-reactive ketones (excluding diaryl/α,β-unsaturated/α-hetero) is 1. The maximum Gasteiger partial charge on any atom is 0.217 e. The molecule has 1 amide bonds. The Hall–Kier alpha value is -0.900. The molecule has 0 saturated carbocycles. The lowest BCUT2D eigenvalue weighted by Gasteiger charge is -2.14. The molecule has 0 saturated heterocycles. The molecule has 0 aromatic rings. The van der Waals surface area contributed by atoms with E-state index in [1.807, 2.05) is 0 Å². The van der Waals surface area contributed by atoms with Gasteiger partial charge in [-0.1, -0.05) is 13.8 Å². The van der Waals surface area contributed by atoms with E-state index in [2.05, 4.69) is 24.5 Å². The summed E-state index contributed by atoms with van der Waals surface area (Å²) in [6.45, 7) is 8.14. The van der Waals surface area contributed by atoms with Crippen molar-refractivity contribution < 1.29 is 9.59 Å². The molecule has 0 aromatic heterocycles. The molecular weight excluding hydrogens is 204 g/mol. The van der Waals surface area contributed by atoms with E-state index in [-0.39, 0.29) is 17.7 Å². The Morgan fingerprint density at radius 3 is 2.19 bits per heavy atom. The van der Waals surface area contributed by atoms with E-state index in [1.54, 1.807) is 0 Å². The van der Waals surface area contributed by atoms with Gasteiger partial charge in [-0.3, -0.25) is 9.59 Å². The minimum absolute atomic E-state index is 0.0343. The molecule has 0 aliphatic rings. The van der Waals surface area contributed by atoms with Gasteiger partial charge < -0.3 is 10.6 Å². The molecule has 0 aromatic carbocycles. The van der Waals surface area contributed by atoms with Crippen LogP contribution in [-0.4, -0.2) is 30.3 Å². The van der Waals surface area contributed by atoms with Crippen molar-refractivity contribution >= 4 is 11.7 Å². The molecule has 4 heteroatoms. The fourth-order valence-electron chi connectivity index (χ4n) is 1.49. The molecule has 16 heavy (non-hydrogen) atoms. The zero-order valence-corrected chi connectivity index (χ0v) is 10.8. The van der Waals surface area contributed by atoms with E-state index in [4.69, 9.17) is 0 Å². The first kappa shape index (κ1) is 15.1. The van der Waals surface area contributed by atoms with Gasteiger partial charge in [0, 0.05) is 13.0 Å². The summed E-state index contributed by atoms with van der Waals surface area (Å²) >= 11 is 0. The van der Waals surface area contributed by atoms with E-state index in [0.717, 1.165) is 25.8 Å². The normalized spacial score (nSPS) is 12.6. The summed E-state index contributed by atoms with van der Waals surface area (Å²) in [7, 11) is 0.